The summed E-state index contributed by atoms with van der Waals surface area (Å²) in [5.41, 5.74) is 2.81. The Kier molecular flexibility index (Phi) is 6.32. The van der Waals surface area contributed by atoms with Crippen molar-refractivity contribution in [3.05, 3.63) is 35.5 Å². The Morgan fingerprint density at radius 2 is 1.86 bits per heavy atom. The van der Waals surface area contributed by atoms with Gasteiger partial charge in [-0.3, -0.25) is 0 Å². The molecule has 0 bridgehead atoms. The van der Waals surface area contributed by atoms with Crippen molar-refractivity contribution in [2.75, 3.05) is 6.61 Å². The zero-order valence-corrected chi connectivity index (χ0v) is 19.0. The maximum Gasteiger partial charge on any atom is 0.250 e. The molecular formula is C22H33NO4Si. The number of rotatable bonds is 6. The third-order valence-electron chi connectivity index (χ3n) is 5.83. The molecule has 1 unspecified atom stereocenters. The first-order chi connectivity index (χ1) is 13.2. The maximum absolute atomic E-state index is 6.37. The standard InChI is InChI=1S/C22H33NO4Si/c1-16-19(15-25-20-9-7-8-14-24-20)21(26-23-16)17-10-12-18(13-11-17)27-28(5,6)22(2,3)4/h10-13,20H,7-9,14-15H2,1-6H3. The van der Waals surface area contributed by atoms with Crippen LogP contribution in [0.1, 0.15) is 51.3 Å². The van der Waals surface area contributed by atoms with E-state index in [1.54, 1.807) is 0 Å². The fourth-order valence-corrected chi connectivity index (χ4v) is 3.96. The fourth-order valence-electron chi connectivity index (χ4n) is 2.93. The van der Waals surface area contributed by atoms with Crippen LogP contribution in [0.25, 0.3) is 11.3 Å². The van der Waals surface area contributed by atoms with Crippen molar-refractivity contribution in [1.29, 1.82) is 0 Å². The van der Waals surface area contributed by atoms with Crippen molar-refractivity contribution in [3.8, 4) is 17.1 Å². The summed E-state index contributed by atoms with van der Waals surface area (Å²) in [6.45, 7) is 14.4. The molecule has 0 amide bonds. The van der Waals surface area contributed by atoms with E-state index >= 15 is 0 Å². The normalized spacial score (nSPS) is 18.3. The van der Waals surface area contributed by atoms with Crippen LogP contribution in [0.2, 0.25) is 18.1 Å². The van der Waals surface area contributed by atoms with Gasteiger partial charge in [0.15, 0.2) is 12.1 Å². The number of nitrogens with zero attached hydrogens (tertiary/aromatic N) is 1. The van der Waals surface area contributed by atoms with E-state index in [0.29, 0.717) is 6.61 Å². The topological polar surface area (TPSA) is 53.7 Å². The minimum atomic E-state index is -1.85. The molecule has 1 aliphatic rings. The summed E-state index contributed by atoms with van der Waals surface area (Å²) >= 11 is 0. The Morgan fingerprint density at radius 1 is 1.14 bits per heavy atom. The Hall–Kier alpha value is -1.63. The average Bonchev–Trinajstić information content (AvgIpc) is 3.01. The second kappa shape index (κ2) is 8.39. The van der Waals surface area contributed by atoms with Gasteiger partial charge >= 0.3 is 0 Å². The number of aromatic nitrogens is 1. The lowest BCUT2D eigenvalue weighted by Crippen LogP contribution is -2.43. The Balaban J connectivity index is 1.72. The lowest BCUT2D eigenvalue weighted by Gasteiger charge is -2.36. The monoisotopic (exact) mass is 403 g/mol. The summed E-state index contributed by atoms with van der Waals surface area (Å²) in [7, 11) is -1.85. The molecule has 1 aromatic heterocycles. The van der Waals surface area contributed by atoms with E-state index in [-0.39, 0.29) is 11.3 Å². The molecule has 3 rings (SSSR count). The van der Waals surface area contributed by atoms with E-state index in [9.17, 15) is 0 Å². The minimum Gasteiger partial charge on any atom is -0.544 e. The molecular weight excluding hydrogens is 370 g/mol. The zero-order chi connectivity index (χ0) is 20.4. The van der Waals surface area contributed by atoms with Gasteiger partial charge in [-0.05, 0) is 68.6 Å². The summed E-state index contributed by atoms with van der Waals surface area (Å²) in [5, 5.41) is 4.32. The molecule has 1 fully saturated rings. The predicted octanol–water partition coefficient (Wildman–Crippen LogP) is 6.08. The zero-order valence-electron chi connectivity index (χ0n) is 18.0. The quantitative estimate of drug-likeness (QED) is 0.547. The van der Waals surface area contributed by atoms with Crippen LogP contribution in [0.3, 0.4) is 0 Å². The van der Waals surface area contributed by atoms with Crippen LogP contribution in [0.15, 0.2) is 28.8 Å². The fraction of sp³-hybridized carbons (Fsp3) is 0.591. The van der Waals surface area contributed by atoms with Gasteiger partial charge in [-0.2, -0.15) is 0 Å². The van der Waals surface area contributed by atoms with Gasteiger partial charge in [0.2, 0.25) is 8.32 Å². The molecule has 6 heteroatoms. The van der Waals surface area contributed by atoms with E-state index in [2.05, 4.69) is 39.0 Å². The number of benzene rings is 1. The van der Waals surface area contributed by atoms with Crippen molar-refractivity contribution in [3.63, 3.8) is 0 Å². The SMILES string of the molecule is Cc1noc(-c2ccc(O[Si](C)(C)C(C)(C)C)cc2)c1COC1CCCCO1. The van der Waals surface area contributed by atoms with E-state index in [4.69, 9.17) is 18.4 Å². The molecule has 0 radical (unpaired) electrons. The highest BCUT2D eigenvalue weighted by molar-refractivity contribution is 6.74. The molecule has 2 heterocycles. The summed E-state index contributed by atoms with van der Waals surface area (Å²) in [4.78, 5) is 0. The highest BCUT2D eigenvalue weighted by atomic mass is 28.4. The molecule has 154 valence electrons. The number of aryl methyl sites for hydroxylation is 1. The highest BCUT2D eigenvalue weighted by Gasteiger charge is 2.38. The van der Waals surface area contributed by atoms with Gasteiger partial charge in [0.05, 0.1) is 12.3 Å². The van der Waals surface area contributed by atoms with Crippen LogP contribution in [-0.4, -0.2) is 26.4 Å². The van der Waals surface area contributed by atoms with Crippen LogP contribution in [0.5, 0.6) is 5.75 Å². The van der Waals surface area contributed by atoms with Crippen LogP contribution < -0.4 is 4.43 Å². The van der Waals surface area contributed by atoms with Gasteiger partial charge in [-0.15, -0.1) is 0 Å². The molecule has 0 aliphatic carbocycles. The summed E-state index contributed by atoms with van der Waals surface area (Å²) < 4.78 is 23.6. The van der Waals surface area contributed by atoms with Gasteiger partial charge in [-0.1, -0.05) is 25.9 Å². The van der Waals surface area contributed by atoms with Gasteiger partial charge < -0.3 is 18.4 Å². The summed E-state index contributed by atoms with van der Waals surface area (Å²) in [6.07, 6.45) is 3.08. The molecule has 0 N–H and O–H groups in total. The van der Waals surface area contributed by atoms with Crippen LogP contribution in [0.4, 0.5) is 0 Å². The van der Waals surface area contributed by atoms with Gasteiger partial charge in [-0.25, -0.2) is 0 Å². The Morgan fingerprint density at radius 3 is 2.46 bits per heavy atom. The smallest absolute Gasteiger partial charge is 0.250 e. The molecule has 1 saturated heterocycles. The van der Waals surface area contributed by atoms with Gasteiger partial charge in [0.25, 0.3) is 0 Å². The highest BCUT2D eigenvalue weighted by Crippen LogP contribution is 2.38. The lowest BCUT2D eigenvalue weighted by atomic mass is 10.1. The van der Waals surface area contributed by atoms with E-state index in [1.165, 1.54) is 0 Å². The van der Waals surface area contributed by atoms with Crippen molar-refractivity contribution >= 4 is 8.32 Å². The molecule has 28 heavy (non-hydrogen) atoms. The van der Waals surface area contributed by atoms with Crippen LogP contribution in [0, 0.1) is 6.92 Å². The largest absolute Gasteiger partial charge is 0.544 e. The average molecular weight is 404 g/mol. The van der Waals surface area contributed by atoms with Crippen molar-refractivity contribution < 1.29 is 18.4 Å². The molecule has 0 spiro atoms. The Labute approximate surface area is 169 Å². The molecule has 1 aliphatic heterocycles. The number of hydrogen-bond donors (Lipinski definition) is 0. The first-order valence-corrected chi connectivity index (χ1v) is 13.1. The second-order valence-electron chi connectivity index (χ2n) is 9.07. The molecule has 0 saturated carbocycles. The maximum atomic E-state index is 6.37. The summed E-state index contributed by atoms with van der Waals surface area (Å²) in [5.74, 6) is 1.66. The number of ether oxygens (including phenoxy) is 2. The lowest BCUT2D eigenvalue weighted by molar-refractivity contribution is -0.168. The molecule has 1 atom stereocenters. The predicted molar refractivity (Wildman–Crippen MR) is 113 cm³/mol. The van der Waals surface area contributed by atoms with E-state index < -0.39 is 8.32 Å². The first kappa shape index (κ1) is 21.1. The Bertz CT molecular complexity index is 771. The van der Waals surface area contributed by atoms with Crippen molar-refractivity contribution in [1.82, 2.24) is 5.16 Å². The van der Waals surface area contributed by atoms with Crippen LogP contribution in [-0.2, 0) is 16.1 Å². The van der Waals surface area contributed by atoms with Crippen molar-refractivity contribution in [2.45, 2.75) is 78.0 Å². The molecule has 5 nitrogen and oxygen atoms in total. The molecule has 2 aromatic rings. The third kappa shape index (κ3) is 4.85. The van der Waals surface area contributed by atoms with Gasteiger partial charge in [0.1, 0.15) is 5.75 Å². The van der Waals surface area contributed by atoms with E-state index in [0.717, 1.165) is 54.2 Å². The van der Waals surface area contributed by atoms with Crippen molar-refractivity contribution in [2.24, 2.45) is 0 Å². The van der Waals surface area contributed by atoms with E-state index in [1.807, 2.05) is 31.2 Å². The second-order valence-corrected chi connectivity index (χ2v) is 13.8. The van der Waals surface area contributed by atoms with Crippen LogP contribution >= 0.6 is 0 Å². The third-order valence-corrected chi connectivity index (χ3v) is 10.2. The first-order valence-electron chi connectivity index (χ1n) is 10.2. The number of hydrogen-bond acceptors (Lipinski definition) is 5. The molecule has 1 aromatic carbocycles. The summed E-state index contributed by atoms with van der Waals surface area (Å²) in [6, 6.07) is 8.09. The minimum absolute atomic E-state index is 0.128. The van der Waals surface area contributed by atoms with Gasteiger partial charge in [0, 0.05) is 17.7 Å².